The van der Waals surface area contributed by atoms with Gasteiger partial charge in [-0.25, -0.2) is 9.37 Å². The largest absolute Gasteiger partial charge is 0.366 e. The second-order valence-electron chi connectivity index (χ2n) is 8.88. The lowest BCUT2D eigenvalue weighted by atomic mass is 9.97. The molecule has 0 spiro atoms. The third kappa shape index (κ3) is 5.60. The molecule has 2 saturated heterocycles. The molecule has 178 valence electrons. The molecular weight excluding hydrogens is 464 g/mol. The van der Waals surface area contributed by atoms with Crippen molar-refractivity contribution in [3.63, 3.8) is 0 Å². The van der Waals surface area contributed by atoms with E-state index in [2.05, 4.69) is 26.6 Å². The Hall–Kier alpha value is -1.93. The first-order valence-electron chi connectivity index (χ1n) is 11.5. The molecule has 2 aromatic rings. The van der Waals surface area contributed by atoms with Gasteiger partial charge in [0.15, 0.2) is 0 Å². The topological polar surface area (TPSA) is 65.7 Å². The van der Waals surface area contributed by atoms with Gasteiger partial charge in [-0.2, -0.15) is 0 Å². The number of hydrogen-bond donors (Lipinski definition) is 1. The van der Waals surface area contributed by atoms with Crippen LogP contribution in [0.1, 0.15) is 42.1 Å². The fraction of sp³-hybridized carbons (Fsp3) is 0.500. The minimum absolute atomic E-state index is 0.233. The van der Waals surface area contributed by atoms with Crippen molar-refractivity contribution in [2.45, 2.75) is 44.8 Å². The van der Waals surface area contributed by atoms with Gasteiger partial charge in [-0.05, 0) is 50.6 Å². The highest BCUT2D eigenvalue weighted by atomic mass is 35.5. The molecule has 1 atom stereocenters. The van der Waals surface area contributed by atoms with Crippen LogP contribution in [0.3, 0.4) is 0 Å². The van der Waals surface area contributed by atoms with Crippen LogP contribution in [-0.4, -0.2) is 65.5 Å². The van der Waals surface area contributed by atoms with Gasteiger partial charge in [-0.1, -0.05) is 36.2 Å². The molecule has 2 aliphatic rings. The Balaban J connectivity index is 1.35. The summed E-state index contributed by atoms with van der Waals surface area (Å²) in [6, 6.07) is 7.43. The van der Waals surface area contributed by atoms with E-state index >= 15 is 0 Å². The van der Waals surface area contributed by atoms with Crippen molar-refractivity contribution in [3.05, 3.63) is 57.5 Å². The second kappa shape index (κ2) is 10.6. The van der Waals surface area contributed by atoms with Crippen LogP contribution in [-0.2, 0) is 6.54 Å². The van der Waals surface area contributed by atoms with Crippen LogP contribution in [0.25, 0.3) is 0 Å². The normalized spacial score (nSPS) is 20.8. The zero-order valence-electron chi connectivity index (χ0n) is 18.8. The van der Waals surface area contributed by atoms with Gasteiger partial charge in [-0.3, -0.25) is 14.6 Å². The third-order valence-electron chi connectivity index (χ3n) is 6.84. The quantitative estimate of drug-likeness (QED) is 0.653. The Morgan fingerprint density at radius 2 is 1.94 bits per heavy atom. The first-order valence-corrected chi connectivity index (χ1v) is 12.2. The molecule has 1 aromatic heterocycles. The number of primary amides is 1. The molecule has 1 aromatic carbocycles. The van der Waals surface area contributed by atoms with Gasteiger partial charge in [0.25, 0.3) is 0 Å². The Morgan fingerprint density at radius 3 is 2.58 bits per heavy atom. The zero-order valence-corrected chi connectivity index (χ0v) is 20.3. The number of rotatable bonds is 6. The van der Waals surface area contributed by atoms with Crippen molar-refractivity contribution in [2.24, 2.45) is 5.73 Å². The number of amides is 1. The summed E-state index contributed by atoms with van der Waals surface area (Å²) in [6.45, 7) is 7.34. The van der Waals surface area contributed by atoms with Crippen LogP contribution in [0.4, 0.5) is 10.2 Å². The minimum Gasteiger partial charge on any atom is -0.366 e. The van der Waals surface area contributed by atoms with E-state index in [1.807, 2.05) is 0 Å². The Bertz CT molecular complexity index is 999. The molecule has 2 aliphatic heterocycles. The number of piperazine rings is 1. The molecule has 0 aliphatic carbocycles. The van der Waals surface area contributed by atoms with Crippen molar-refractivity contribution in [1.82, 2.24) is 14.8 Å². The SMILES string of the molecule is CC[C@H]1CN(c2ncc(C(N)=O)cc2Cl)CCN1C1CCN(Cc2ccc(Cl)cc2F)CC1. The first kappa shape index (κ1) is 24.2. The van der Waals surface area contributed by atoms with Crippen LogP contribution < -0.4 is 10.6 Å². The summed E-state index contributed by atoms with van der Waals surface area (Å²) in [5.74, 6) is -0.0557. The maximum atomic E-state index is 14.2. The van der Waals surface area contributed by atoms with E-state index in [0.717, 1.165) is 52.0 Å². The number of likely N-dealkylation sites (tertiary alicyclic amines) is 1. The summed E-state index contributed by atoms with van der Waals surface area (Å²) in [6.07, 6.45) is 4.66. The summed E-state index contributed by atoms with van der Waals surface area (Å²) in [5, 5.41) is 0.886. The standard InChI is InChI=1S/C24H30Cl2FN5O/c1-2-19-15-31(24-21(26)11-17(13-29-24)23(28)33)9-10-32(19)20-5-7-30(8-6-20)14-16-3-4-18(25)12-22(16)27/h3-4,11-13,19-20H,2,5-10,14-15H2,1H3,(H2,28,33)/t19-/m0/s1. The summed E-state index contributed by atoms with van der Waals surface area (Å²) in [5.41, 5.74) is 6.35. The molecule has 1 amide bonds. The molecule has 6 nitrogen and oxygen atoms in total. The fourth-order valence-corrected chi connectivity index (χ4v) is 5.45. The number of nitrogens with two attached hydrogens (primary N) is 1. The lowest BCUT2D eigenvalue weighted by Crippen LogP contribution is -2.58. The predicted molar refractivity (Wildman–Crippen MR) is 130 cm³/mol. The maximum absolute atomic E-state index is 14.2. The number of pyridine rings is 1. The molecule has 33 heavy (non-hydrogen) atoms. The number of nitrogens with zero attached hydrogens (tertiary/aromatic N) is 4. The van der Waals surface area contributed by atoms with Gasteiger partial charge in [-0.15, -0.1) is 0 Å². The number of anilines is 1. The summed E-state index contributed by atoms with van der Waals surface area (Å²) in [7, 11) is 0. The molecule has 0 radical (unpaired) electrons. The van der Waals surface area contributed by atoms with E-state index in [4.69, 9.17) is 28.9 Å². The molecular formula is C24H30Cl2FN5O. The Morgan fingerprint density at radius 1 is 1.18 bits per heavy atom. The van der Waals surface area contributed by atoms with Gasteiger partial charge in [0.05, 0.1) is 10.6 Å². The Labute approximate surface area is 204 Å². The average molecular weight is 494 g/mol. The van der Waals surface area contributed by atoms with E-state index in [-0.39, 0.29) is 5.82 Å². The molecule has 2 fully saturated rings. The van der Waals surface area contributed by atoms with Crippen molar-refractivity contribution < 1.29 is 9.18 Å². The summed E-state index contributed by atoms with van der Waals surface area (Å²) in [4.78, 5) is 23.0. The lowest BCUT2D eigenvalue weighted by Gasteiger charge is -2.47. The molecule has 0 unspecified atom stereocenters. The number of piperidine rings is 1. The van der Waals surface area contributed by atoms with E-state index in [9.17, 15) is 9.18 Å². The van der Waals surface area contributed by atoms with Gasteiger partial charge in [0, 0.05) is 55.0 Å². The van der Waals surface area contributed by atoms with Crippen LogP contribution in [0, 0.1) is 5.82 Å². The molecule has 3 heterocycles. The van der Waals surface area contributed by atoms with E-state index in [1.54, 1.807) is 18.2 Å². The number of carbonyl (C=O) groups excluding carboxylic acids is 1. The van der Waals surface area contributed by atoms with Gasteiger partial charge >= 0.3 is 0 Å². The van der Waals surface area contributed by atoms with E-state index in [0.29, 0.717) is 45.6 Å². The highest BCUT2D eigenvalue weighted by Crippen LogP contribution is 2.30. The highest BCUT2D eigenvalue weighted by Gasteiger charge is 2.34. The molecule has 9 heteroatoms. The van der Waals surface area contributed by atoms with Crippen molar-refractivity contribution in [1.29, 1.82) is 0 Å². The van der Waals surface area contributed by atoms with Crippen LogP contribution in [0.15, 0.2) is 30.5 Å². The average Bonchev–Trinajstić information content (AvgIpc) is 2.81. The zero-order chi connectivity index (χ0) is 23.5. The smallest absolute Gasteiger partial charge is 0.250 e. The number of benzene rings is 1. The molecule has 0 saturated carbocycles. The van der Waals surface area contributed by atoms with E-state index in [1.165, 1.54) is 12.3 Å². The summed E-state index contributed by atoms with van der Waals surface area (Å²) < 4.78 is 14.2. The third-order valence-corrected chi connectivity index (χ3v) is 7.35. The van der Waals surface area contributed by atoms with E-state index < -0.39 is 5.91 Å². The van der Waals surface area contributed by atoms with Gasteiger partial charge < -0.3 is 10.6 Å². The van der Waals surface area contributed by atoms with Crippen molar-refractivity contribution >= 4 is 34.9 Å². The van der Waals surface area contributed by atoms with Gasteiger partial charge in [0.2, 0.25) is 5.91 Å². The number of aromatic nitrogens is 1. The highest BCUT2D eigenvalue weighted by molar-refractivity contribution is 6.33. The maximum Gasteiger partial charge on any atom is 0.250 e. The molecule has 0 bridgehead atoms. The first-order chi connectivity index (χ1) is 15.9. The monoisotopic (exact) mass is 493 g/mol. The molecule has 4 rings (SSSR count). The van der Waals surface area contributed by atoms with Crippen LogP contribution in [0.2, 0.25) is 10.0 Å². The van der Waals surface area contributed by atoms with Crippen LogP contribution >= 0.6 is 23.2 Å². The second-order valence-corrected chi connectivity index (χ2v) is 9.73. The van der Waals surface area contributed by atoms with Crippen LogP contribution in [0.5, 0.6) is 0 Å². The number of halogens is 3. The fourth-order valence-electron chi connectivity index (χ4n) is 5.00. The van der Waals surface area contributed by atoms with Crippen molar-refractivity contribution in [3.8, 4) is 0 Å². The number of hydrogen-bond acceptors (Lipinski definition) is 5. The Kier molecular flexibility index (Phi) is 7.74. The predicted octanol–water partition coefficient (Wildman–Crippen LogP) is 4.19. The number of carbonyl (C=O) groups is 1. The minimum atomic E-state index is -0.530. The van der Waals surface area contributed by atoms with Crippen molar-refractivity contribution in [2.75, 3.05) is 37.6 Å². The lowest BCUT2D eigenvalue weighted by molar-refractivity contribution is 0.0607. The molecule has 2 N–H and O–H groups in total. The summed E-state index contributed by atoms with van der Waals surface area (Å²) >= 11 is 12.3. The van der Waals surface area contributed by atoms with Gasteiger partial charge in [0.1, 0.15) is 11.6 Å².